The van der Waals surface area contributed by atoms with Crippen LogP contribution in [0.3, 0.4) is 0 Å². The van der Waals surface area contributed by atoms with Gasteiger partial charge in [0.25, 0.3) is 0 Å². The molecule has 4 aliphatic heterocycles. The number of amides is 4. The van der Waals surface area contributed by atoms with Crippen molar-refractivity contribution in [2.24, 2.45) is 5.92 Å². The molecular formula is C62H89ClN8O15. The Bertz CT molecular complexity index is 2910. The zero-order valence-corrected chi connectivity index (χ0v) is 52.3. The molecule has 3 saturated heterocycles. The van der Waals surface area contributed by atoms with Crippen LogP contribution in [0.1, 0.15) is 90.3 Å². The number of carbonyl (C=O) groups excluding carboxylic acids is 5. The largest absolute Gasteiger partial charge is 0.495 e. The fraction of sp³-hybridized carbons (Fsp3) is 0.613. The van der Waals surface area contributed by atoms with Crippen LogP contribution < -0.4 is 20.4 Å². The van der Waals surface area contributed by atoms with Gasteiger partial charge in [0.15, 0.2) is 5.72 Å². The molecule has 0 saturated carbocycles. The normalized spacial score (nSPS) is 25.2. The van der Waals surface area contributed by atoms with Crippen molar-refractivity contribution < 1.29 is 72.1 Å². The topological polar surface area (TPSA) is 256 Å². The molecule has 4 bridgehead atoms. The number of ether oxygens (including phenoxy) is 7. The molecule has 2 aromatic carbocycles. The molecule has 23 nitrogen and oxygen atoms in total. The summed E-state index contributed by atoms with van der Waals surface area (Å²) in [5.41, 5.74) is 4.22. The van der Waals surface area contributed by atoms with Crippen molar-refractivity contribution in [2.75, 3.05) is 99.9 Å². The number of nitrogens with zero attached hydrogens (tertiary/aromatic N) is 6. The van der Waals surface area contributed by atoms with Gasteiger partial charge in [0.1, 0.15) is 40.7 Å². The van der Waals surface area contributed by atoms with E-state index in [2.05, 4.69) is 38.4 Å². The molecule has 86 heavy (non-hydrogen) atoms. The molecule has 4 aliphatic rings. The van der Waals surface area contributed by atoms with Crippen LogP contribution >= 0.6 is 11.6 Å². The van der Waals surface area contributed by atoms with E-state index in [4.69, 9.17) is 49.9 Å². The number of hydrazine groups is 1. The first-order valence-electron chi connectivity index (χ1n) is 29.7. The number of hydrogen-bond acceptors (Lipinski definition) is 17. The van der Waals surface area contributed by atoms with Crippen LogP contribution in [0.25, 0.3) is 10.9 Å². The lowest BCUT2D eigenvalue weighted by Gasteiger charge is -2.42. The van der Waals surface area contributed by atoms with Gasteiger partial charge < -0.3 is 62.6 Å². The summed E-state index contributed by atoms with van der Waals surface area (Å²) >= 11 is 6.88. The maximum Gasteiger partial charge on any atom is 0.409 e. The number of piperidine rings is 1. The van der Waals surface area contributed by atoms with E-state index in [1.54, 1.807) is 52.1 Å². The zero-order chi connectivity index (χ0) is 62.5. The molecule has 474 valence electrons. The summed E-state index contributed by atoms with van der Waals surface area (Å²) in [5, 5.41) is 26.8. The maximum atomic E-state index is 14.5. The fourth-order valence-corrected chi connectivity index (χ4v) is 12.1. The number of fused-ring (bicyclic) bond motifs is 6. The van der Waals surface area contributed by atoms with E-state index >= 15 is 0 Å². The highest BCUT2D eigenvalue weighted by Crippen LogP contribution is 2.49. The number of hydrogen-bond donors (Lipinski definition) is 4. The maximum absolute atomic E-state index is 14.5. The lowest BCUT2D eigenvalue weighted by atomic mass is 9.83. The Morgan fingerprint density at radius 1 is 0.988 bits per heavy atom. The van der Waals surface area contributed by atoms with Crippen molar-refractivity contribution in [1.82, 2.24) is 35.0 Å². The van der Waals surface area contributed by atoms with Gasteiger partial charge in [-0.3, -0.25) is 34.8 Å². The molecule has 0 spiro atoms. The van der Waals surface area contributed by atoms with Gasteiger partial charge in [0.2, 0.25) is 17.7 Å². The Kier molecular flexibility index (Phi) is 24.0. The number of allylic oxidation sites excluding steroid dienone is 3. The highest BCUT2D eigenvalue weighted by Gasteiger charge is 2.64. The van der Waals surface area contributed by atoms with E-state index in [1.807, 2.05) is 49.1 Å². The number of carboxylic acid groups (broad SMARTS) is 1. The van der Waals surface area contributed by atoms with Crippen LogP contribution in [0.2, 0.25) is 5.02 Å². The molecule has 3 aromatic rings. The molecule has 3 fully saturated rings. The number of aromatic nitrogens is 1. The molecule has 8 atom stereocenters. The molecule has 0 aliphatic carbocycles. The van der Waals surface area contributed by atoms with E-state index in [1.165, 1.54) is 31.1 Å². The summed E-state index contributed by atoms with van der Waals surface area (Å²) in [4.78, 5) is 87.8. The smallest absolute Gasteiger partial charge is 0.409 e. The quantitative estimate of drug-likeness (QED) is 0.0343. The number of aliphatic carboxylic acids is 1. The number of rotatable bonds is 25. The number of nitrogens with one attached hydrogen (secondary N) is 2. The van der Waals surface area contributed by atoms with Crippen LogP contribution in [0.4, 0.5) is 10.5 Å². The monoisotopic (exact) mass is 1220 g/mol. The number of carboxylic acids is 1. The Hall–Kier alpha value is -6.15. The van der Waals surface area contributed by atoms with Crippen molar-refractivity contribution >= 4 is 63.9 Å². The number of alkyl carbamates (subject to hydrolysis) is 1. The van der Waals surface area contributed by atoms with E-state index in [-0.39, 0.29) is 68.4 Å². The lowest BCUT2D eigenvalue weighted by molar-refractivity contribution is -0.162. The van der Waals surface area contributed by atoms with E-state index in [0.29, 0.717) is 76.6 Å². The highest BCUT2D eigenvalue weighted by atomic mass is 35.5. The molecule has 4 amide bonds. The van der Waals surface area contributed by atoms with Crippen molar-refractivity contribution in [2.45, 2.75) is 146 Å². The van der Waals surface area contributed by atoms with Crippen molar-refractivity contribution in [1.29, 1.82) is 0 Å². The van der Waals surface area contributed by atoms with E-state index < -0.39 is 71.6 Å². The third-order valence-corrected chi connectivity index (χ3v) is 17.7. The number of benzene rings is 2. The molecule has 0 radical (unpaired) electrons. The molecule has 5 heterocycles. The number of aryl methyl sites for hydroxylation is 1. The van der Waals surface area contributed by atoms with E-state index in [0.717, 1.165) is 40.6 Å². The SMILES string of the molecule is CNN(C)Cc1cc2ccccc2n1CCC(=O)N1CCC(N(CCCC(=O)N(C)[C@@H](C)C(=O)O[C@H]2CC(=O)N(C)c3cc(cc(OC)c3Cl)C/C(C)=C/C=C/[C@@H](OC)[C@@]3(O)C[C@H](OC(=O)N3)[C@@H](C)C3O[C@]32C)CCOCCOCCC(=O)O)CC1. The predicted octanol–water partition coefficient (Wildman–Crippen LogP) is 5.71. The van der Waals surface area contributed by atoms with Gasteiger partial charge in [-0.15, -0.1) is 0 Å². The third-order valence-electron chi connectivity index (χ3n) is 17.3. The number of methoxy groups -OCH3 is 2. The average molecular weight is 1220 g/mol. The second-order valence-corrected chi connectivity index (χ2v) is 23.6. The molecule has 1 aromatic heterocycles. The third kappa shape index (κ3) is 17.1. The standard InChI is InChI=1S/C62H89ClN8O15/c1-40-15-13-18-51(81-10)62(79)38-50(84-60(78)65-62)41(2)58-61(4,86-58)52(37-55(74)68(8)48-34-43(33-40)35-49(80-9)57(48)63)85-59(77)42(3)67(7)53(72)19-14-24-69(28-30-83-32-31-82-29-23-56(75)76)45-20-25-70(26-21-45)54(73)22-27-71-46(39-66(6)64-5)36-44-16-11-12-17-47(44)71/h11-13,15-18,34-36,41-42,45,50-52,58,64,79H,14,19-33,37-39H2,1-10H3,(H,65,78)(H,75,76)/b18-13+,40-15+/t41-,42+,50+,51-,52+,58?,61+,62+/m1/s1. The molecular weight excluding hydrogens is 1130 g/mol. The summed E-state index contributed by atoms with van der Waals surface area (Å²) in [6.07, 6.45) is 2.72. The first-order valence-corrected chi connectivity index (χ1v) is 30.1. The summed E-state index contributed by atoms with van der Waals surface area (Å²) in [6, 6.07) is 12.9. The molecule has 7 rings (SSSR count). The number of para-hydroxylation sites is 1. The van der Waals surface area contributed by atoms with Crippen LogP contribution in [0.15, 0.2) is 66.3 Å². The van der Waals surface area contributed by atoms with Gasteiger partial charge in [-0.1, -0.05) is 60.5 Å². The number of esters is 1. The van der Waals surface area contributed by atoms with Gasteiger partial charge in [0.05, 0.1) is 64.7 Å². The number of epoxide rings is 1. The number of carbonyl (C=O) groups is 6. The molecule has 24 heteroatoms. The Labute approximate surface area is 509 Å². The van der Waals surface area contributed by atoms with Crippen LogP contribution in [0, 0.1) is 5.92 Å². The zero-order valence-electron chi connectivity index (χ0n) is 51.5. The highest BCUT2D eigenvalue weighted by molar-refractivity contribution is 6.35. The molecule has 1 unspecified atom stereocenters. The van der Waals surface area contributed by atoms with Gasteiger partial charge in [-0.05, 0) is 95.3 Å². The lowest BCUT2D eigenvalue weighted by Crippen LogP contribution is -2.63. The number of likely N-dealkylation sites (tertiary alicyclic amines) is 1. The van der Waals surface area contributed by atoms with Gasteiger partial charge in [0, 0.05) is 96.9 Å². The van der Waals surface area contributed by atoms with Crippen LogP contribution in [0.5, 0.6) is 5.75 Å². The number of likely N-dealkylation sites (N-methyl/N-ethyl adjacent to an activating group) is 1. The Morgan fingerprint density at radius 3 is 2.41 bits per heavy atom. The number of halogens is 1. The first kappa shape index (κ1) is 67.4. The van der Waals surface area contributed by atoms with Crippen LogP contribution in [-0.4, -0.2) is 213 Å². The van der Waals surface area contributed by atoms with E-state index in [9.17, 15) is 33.9 Å². The van der Waals surface area contributed by atoms with Gasteiger partial charge in [-0.2, -0.15) is 0 Å². The fourth-order valence-electron chi connectivity index (χ4n) is 11.8. The predicted molar refractivity (Wildman–Crippen MR) is 322 cm³/mol. The second kappa shape index (κ2) is 30.7. The van der Waals surface area contributed by atoms with Crippen molar-refractivity contribution in [3.05, 3.63) is 82.5 Å². The minimum Gasteiger partial charge on any atom is -0.495 e. The molecule has 4 N–H and O–H groups in total. The first-order chi connectivity index (χ1) is 41.0. The van der Waals surface area contributed by atoms with Crippen molar-refractivity contribution in [3.8, 4) is 5.75 Å². The Morgan fingerprint density at radius 2 is 1.71 bits per heavy atom. The Balaban J connectivity index is 1.01. The minimum atomic E-state index is -1.88. The second-order valence-electron chi connectivity index (χ2n) is 23.2. The average Bonchev–Trinajstić information content (AvgIpc) is 1.66. The minimum absolute atomic E-state index is 0.0861. The van der Waals surface area contributed by atoms with Gasteiger partial charge >= 0.3 is 18.0 Å². The summed E-state index contributed by atoms with van der Waals surface area (Å²) in [6.45, 7) is 11.4. The summed E-state index contributed by atoms with van der Waals surface area (Å²) in [5.74, 6) is -2.66. The van der Waals surface area contributed by atoms with Gasteiger partial charge in [-0.25, -0.2) is 14.6 Å². The van der Waals surface area contributed by atoms with Crippen molar-refractivity contribution in [3.63, 3.8) is 0 Å². The number of anilines is 1. The van der Waals surface area contributed by atoms with Crippen LogP contribution in [-0.2, 0) is 71.9 Å². The number of aliphatic hydroxyl groups is 1. The summed E-state index contributed by atoms with van der Waals surface area (Å²) < 4.78 is 43.3. The summed E-state index contributed by atoms with van der Waals surface area (Å²) in [7, 11) is 9.86.